The van der Waals surface area contributed by atoms with E-state index in [4.69, 9.17) is 4.98 Å². The van der Waals surface area contributed by atoms with Gasteiger partial charge in [0.05, 0.1) is 22.2 Å². The molecule has 3 nitrogen and oxygen atoms in total. The van der Waals surface area contributed by atoms with Gasteiger partial charge in [0, 0.05) is 34.1 Å². The van der Waals surface area contributed by atoms with Crippen molar-refractivity contribution >= 4 is 39.0 Å². The molecule has 0 bridgehead atoms. The summed E-state index contributed by atoms with van der Waals surface area (Å²) in [5.74, 6) is -3.98. The van der Waals surface area contributed by atoms with Gasteiger partial charge in [0.1, 0.15) is 0 Å². The fourth-order valence-corrected chi connectivity index (χ4v) is 6.89. The molecule has 6 heteroatoms. The third-order valence-corrected chi connectivity index (χ3v) is 8.84. The summed E-state index contributed by atoms with van der Waals surface area (Å²) >= 11 is 0. The molecule has 2 heterocycles. The van der Waals surface area contributed by atoms with Crippen molar-refractivity contribution in [2.75, 3.05) is 4.90 Å². The van der Waals surface area contributed by atoms with E-state index in [-0.39, 0.29) is 11.1 Å². The standard InChI is InChI=1S/C38H26F3N3/c1-38(2)29-12-7-6-11-26(29)27-18-19-28-36-32(13-8-22-42-36)44(37(28)33(27)38)25-16-14-24(15-17-25)43(23-9-4-3-5-10-23)31-21-20-30(39)34(40)35(31)41/h3-22H,1-2H3. The van der Waals surface area contributed by atoms with Crippen LogP contribution in [0.1, 0.15) is 25.0 Å². The quantitative estimate of drug-likeness (QED) is 0.193. The number of benzene rings is 5. The lowest BCUT2D eigenvalue weighted by molar-refractivity contribution is 0.448. The predicted octanol–water partition coefficient (Wildman–Crippen LogP) is 10.4. The van der Waals surface area contributed by atoms with Crippen molar-refractivity contribution in [3.63, 3.8) is 0 Å². The fraction of sp³-hybridized carbons (Fsp3) is 0.0789. The minimum atomic E-state index is -1.50. The van der Waals surface area contributed by atoms with Crippen molar-refractivity contribution in [3.05, 3.63) is 150 Å². The minimum Gasteiger partial charge on any atom is -0.308 e. The molecule has 5 aromatic carbocycles. The van der Waals surface area contributed by atoms with Crippen molar-refractivity contribution in [3.8, 4) is 16.8 Å². The van der Waals surface area contributed by atoms with Gasteiger partial charge in [0.2, 0.25) is 0 Å². The summed E-state index contributed by atoms with van der Waals surface area (Å²) in [6, 6.07) is 35.9. The second-order valence-electron chi connectivity index (χ2n) is 11.6. The van der Waals surface area contributed by atoms with Crippen molar-refractivity contribution in [2.45, 2.75) is 19.3 Å². The van der Waals surface area contributed by atoms with Crippen LogP contribution in [0.3, 0.4) is 0 Å². The van der Waals surface area contributed by atoms with Crippen LogP contribution in [0.5, 0.6) is 0 Å². The van der Waals surface area contributed by atoms with E-state index in [1.807, 2.05) is 54.7 Å². The molecule has 0 aliphatic heterocycles. The number of aromatic nitrogens is 2. The first-order chi connectivity index (χ1) is 21.4. The SMILES string of the molecule is CC1(C)c2ccccc2-c2ccc3c4ncccc4n(-c4ccc(N(c5ccccc5)c5ccc(F)c(F)c5F)cc4)c3c21. The molecule has 0 radical (unpaired) electrons. The molecule has 0 fully saturated rings. The fourth-order valence-electron chi connectivity index (χ4n) is 6.89. The Morgan fingerprint density at radius 3 is 2.18 bits per heavy atom. The van der Waals surface area contributed by atoms with Gasteiger partial charge in [-0.25, -0.2) is 13.2 Å². The summed E-state index contributed by atoms with van der Waals surface area (Å²) in [4.78, 5) is 6.38. The normalized spacial score (nSPS) is 13.3. The second-order valence-corrected chi connectivity index (χ2v) is 11.6. The van der Waals surface area contributed by atoms with Crippen molar-refractivity contribution < 1.29 is 13.2 Å². The van der Waals surface area contributed by atoms with E-state index in [2.05, 4.69) is 60.9 Å². The maximum absolute atomic E-state index is 15.2. The van der Waals surface area contributed by atoms with Crippen LogP contribution in [0.15, 0.2) is 121 Å². The molecule has 0 spiro atoms. The minimum absolute atomic E-state index is 0.0822. The lowest BCUT2D eigenvalue weighted by Crippen LogP contribution is -2.16. The largest absolute Gasteiger partial charge is 0.308 e. The molecule has 0 unspecified atom stereocenters. The topological polar surface area (TPSA) is 21.1 Å². The van der Waals surface area contributed by atoms with E-state index >= 15 is 4.39 Å². The van der Waals surface area contributed by atoms with Gasteiger partial charge in [-0.05, 0) is 89.0 Å². The molecule has 1 aliphatic rings. The van der Waals surface area contributed by atoms with Gasteiger partial charge in [0.25, 0.3) is 0 Å². The van der Waals surface area contributed by atoms with Crippen LogP contribution in [0.4, 0.5) is 30.2 Å². The van der Waals surface area contributed by atoms with E-state index in [1.165, 1.54) is 28.3 Å². The molecular weight excluding hydrogens is 555 g/mol. The van der Waals surface area contributed by atoms with Crippen LogP contribution < -0.4 is 4.90 Å². The highest BCUT2D eigenvalue weighted by molar-refractivity contribution is 6.11. The van der Waals surface area contributed by atoms with Crippen molar-refractivity contribution in [1.82, 2.24) is 9.55 Å². The van der Waals surface area contributed by atoms with Gasteiger partial charge in [-0.3, -0.25) is 4.98 Å². The monoisotopic (exact) mass is 581 g/mol. The number of hydrogen-bond acceptors (Lipinski definition) is 2. The average molecular weight is 582 g/mol. The summed E-state index contributed by atoms with van der Waals surface area (Å²) < 4.78 is 45.7. The van der Waals surface area contributed by atoms with E-state index in [1.54, 1.807) is 17.0 Å². The first kappa shape index (κ1) is 26.3. The van der Waals surface area contributed by atoms with Crippen molar-refractivity contribution in [2.24, 2.45) is 0 Å². The Hall–Kier alpha value is -5.36. The molecule has 0 saturated heterocycles. The molecule has 8 rings (SSSR count). The van der Waals surface area contributed by atoms with E-state index in [0.717, 1.165) is 33.7 Å². The summed E-state index contributed by atoms with van der Waals surface area (Å²) in [5, 5.41) is 1.07. The molecule has 7 aromatic rings. The summed E-state index contributed by atoms with van der Waals surface area (Å²) in [6.45, 7) is 4.54. The molecule has 0 saturated carbocycles. The van der Waals surface area contributed by atoms with Gasteiger partial charge in [-0.2, -0.15) is 0 Å². The smallest absolute Gasteiger partial charge is 0.196 e. The number of pyridine rings is 1. The van der Waals surface area contributed by atoms with Gasteiger partial charge in [0.15, 0.2) is 17.5 Å². The Morgan fingerprint density at radius 2 is 1.39 bits per heavy atom. The summed E-state index contributed by atoms with van der Waals surface area (Å²) in [6.07, 6.45) is 1.82. The number of anilines is 3. The van der Waals surface area contributed by atoms with Crippen LogP contribution in [-0.4, -0.2) is 9.55 Å². The zero-order valence-electron chi connectivity index (χ0n) is 24.0. The Kier molecular flexibility index (Phi) is 5.72. The highest BCUT2D eigenvalue weighted by atomic mass is 19.2. The molecule has 0 N–H and O–H groups in total. The maximum Gasteiger partial charge on any atom is 0.196 e. The van der Waals surface area contributed by atoms with Crippen LogP contribution in [0, 0.1) is 17.5 Å². The molecule has 214 valence electrons. The number of hydrogen-bond donors (Lipinski definition) is 0. The highest BCUT2D eigenvalue weighted by Gasteiger charge is 2.38. The number of para-hydroxylation sites is 1. The number of rotatable bonds is 4. The summed E-state index contributed by atoms with van der Waals surface area (Å²) in [7, 11) is 0. The Morgan fingerprint density at radius 1 is 0.659 bits per heavy atom. The van der Waals surface area contributed by atoms with Crippen LogP contribution in [0.2, 0.25) is 0 Å². The zero-order chi connectivity index (χ0) is 30.2. The third kappa shape index (κ3) is 3.67. The van der Waals surface area contributed by atoms with E-state index < -0.39 is 17.5 Å². The zero-order valence-corrected chi connectivity index (χ0v) is 24.0. The lowest BCUT2D eigenvalue weighted by Gasteiger charge is -2.26. The average Bonchev–Trinajstić information content (AvgIpc) is 3.51. The molecule has 0 atom stereocenters. The molecule has 0 amide bonds. The Balaban J connectivity index is 1.35. The molecular formula is C38H26F3N3. The van der Waals surface area contributed by atoms with Gasteiger partial charge in [-0.1, -0.05) is 62.4 Å². The summed E-state index contributed by atoms with van der Waals surface area (Å²) in [5.41, 5.74) is 9.75. The Labute approximate surface area is 252 Å². The Bertz CT molecular complexity index is 2240. The molecule has 44 heavy (non-hydrogen) atoms. The van der Waals surface area contributed by atoms with E-state index in [9.17, 15) is 8.78 Å². The second kappa shape index (κ2) is 9.58. The first-order valence-corrected chi connectivity index (χ1v) is 14.5. The predicted molar refractivity (Wildman–Crippen MR) is 171 cm³/mol. The van der Waals surface area contributed by atoms with Gasteiger partial charge < -0.3 is 9.47 Å². The third-order valence-electron chi connectivity index (χ3n) is 8.84. The van der Waals surface area contributed by atoms with Crippen molar-refractivity contribution in [1.29, 1.82) is 0 Å². The molecule has 2 aromatic heterocycles. The van der Waals surface area contributed by atoms with Crippen LogP contribution in [-0.2, 0) is 5.41 Å². The highest BCUT2D eigenvalue weighted by Crippen LogP contribution is 2.52. The first-order valence-electron chi connectivity index (χ1n) is 14.5. The van der Waals surface area contributed by atoms with E-state index in [0.29, 0.717) is 11.4 Å². The van der Waals surface area contributed by atoms with Crippen LogP contribution >= 0.6 is 0 Å². The number of nitrogens with zero attached hydrogens (tertiary/aromatic N) is 3. The lowest BCUT2D eigenvalue weighted by atomic mass is 9.81. The van der Waals surface area contributed by atoms with Gasteiger partial charge >= 0.3 is 0 Å². The number of halogens is 3. The maximum atomic E-state index is 15.2. The van der Waals surface area contributed by atoms with Gasteiger partial charge in [-0.15, -0.1) is 0 Å². The van der Waals surface area contributed by atoms with Crippen LogP contribution in [0.25, 0.3) is 38.8 Å². The molecule has 1 aliphatic carbocycles. The number of fused-ring (bicyclic) bond motifs is 7.